The SMILES string of the molecule is CCOC(=O)CC=C(C(=O)/C=C/c1ccc(O)c(OC)c1)C(=O)/C=C/c1ccc(O)c(OC)c1. The maximum Gasteiger partial charge on any atom is 0.309 e. The minimum absolute atomic E-state index is 0.0489. The van der Waals surface area contributed by atoms with Crippen molar-refractivity contribution in [1.82, 2.24) is 0 Å². The number of phenols is 2. The van der Waals surface area contributed by atoms with E-state index in [2.05, 4.69) is 0 Å². The maximum absolute atomic E-state index is 12.8. The van der Waals surface area contributed by atoms with Gasteiger partial charge in [-0.1, -0.05) is 30.4 Å². The second-order valence-electron chi connectivity index (χ2n) is 6.88. The van der Waals surface area contributed by atoms with Crippen LogP contribution >= 0.6 is 0 Å². The summed E-state index contributed by atoms with van der Waals surface area (Å²) in [5, 5.41) is 19.4. The topological polar surface area (TPSA) is 119 Å². The molecule has 0 bridgehead atoms. The molecule has 0 amide bonds. The van der Waals surface area contributed by atoms with Gasteiger partial charge in [-0.05, 0) is 54.5 Å². The molecule has 0 saturated heterocycles. The molecule has 0 aliphatic rings. The molecule has 8 nitrogen and oxygen atoms in total. The molecule has 34 heavy (non-hydrogen) atoms. The zero-order valence-corrected chi connectivity index (χ0v) is 19.1. The van der Waals surface area contributed by atoms with E-state index in [1.54, 1.807) is 19.1 Å². The highest BCUT2D eigenvalue weighted by Gasteiger charge is 2.15. The Labute approximate surface area is 197 Å². The molecular weight excluding hydrogens is 440 g/mol. The Morgan fingerprint density at radius 1 is 0.824 bits per heavy atom. The maximum atomic E-state index is 12.8. The highest BCUT2D eigenvalue weighted by molar-refractivity contribution is 6.28. The Bertz CT molecular complexity index is 1060. The summed E-state index contributed by atoms with van der Waals surface area (Å²) >= 11 is 0. The van der Waals surface area contributed by atoms with Gasteiger partial charge >= 0.3 is 5.97 Å². The number of allylic oxidation sites excluding steroid dienone is 3. The van der Waals surface area contributed by atoms with Crippen molar-refractivity contribution in [3.05, 3.63) is 71.3 Å². The second kappa shape index (κ2) is 12.6. The summed E-state index contributed by atoms with van der Waals surface area (Å²) in [6.07, 6.45) is 6.29. The molecule has 0 saturated carbocycles. The first-order valence-corrected chi connectivity index (χ1v) is 10.3. The van der Waals surface area contributed by atoms with Crippen molar-refractivity contribution in [2.75, 3.05) is 20.8 Å². The number of benzene rings is 2. The van der Waals surface area contributed by atoms with E-state index in [1.165, 1.54) is 68.9 Å². The molecule has 0 atom stereocenters. The number of hydrogen-bond acceptors (Lipinski definition) is 8. The molecule has 2 aromatic rings. The van der Waals surface area contributed by atoms with Crippen LogP contribution in [0.5, 0.6) is 23.0 Å². The highest BCUT2D eigenvalue weighted by atomic mass is 16.5. The second-order valence-corrected chi connectivity index (χ2v) is 6.88. The third kappa shape index (κ3) is 7.37. The number of carbonyl (C=O) groups excluding carboxylic acids is 3. The van der Waals surface area contributed by atoms with Crippen molar-refractivity contribution in [3.63, 3.8) is 0 Å². The van der Waals surface area contributed by atoms with E-state index < -0.39 is 17.5 Å². The van der Waals surface area contributed by atoms with Gasteiger partial charge in [0.05, 0.1) is 32.8 Å². The van der Waals surface area contributed by atoms with Crippen LogP contribution in [0.15, 0.2) is 60.2 Å². The minimum Gasteiger partial charge on any atom is -0.504 e. The van der Waals surface area contributed by atoms with Gasteiger partial charge in [-0.25, -0.2) is 0 Å². The number of ketones is 2. The Balaban J connectivity index is 2.29. The van der Waals surface area contributed by atoms with E-state index in [1.807, 2.05) is 0 Å². The van der Waals surface area contributed by atoms with Gasteiger partial charge in [-0.15, -0.1) is 0 Å². The van der Waals surface area contributed by atoms with Crippen LogP contribution in [0.4, 0.5) is 0 Å². The van der Waals surface area contributed by atoms with Crippen LogP contribution in [-0.4, -0.2) is 48.6 Å². The monoisotopic (exact) mass is 466 g/mol. The third-order valence-corrected chi connectivity index (χ3v) is 4.57. The lowest BCUT2D eigenvalue weighted by atomic mass is 10.0. The lowest BCUT2D eigenvalue weighted by Crippen LogP contribution is -2.11. The van der Waals surface area contributed by atoms with E-state index >= 15 is 0 Å². The van der Waals surface area contributed by atoms with E-state index in [0.717, 1.165) is 0 Å². The van der Waals surface area contributed by atoms with Gasteiger partial charge in [-0.2, -0.15) is 0 Å². The molecule has 2 N–H and O–H groups in total. The van der Waals surface area contributed by atoms with Crippen LogP contribution < -0.4 is 9.47 Å². The molecule has 0 aliphatic heterocycles. The number of hydrogen-bond donors (Lipinski definition) is 2. The smallest absolute Gasteiger partial charge is 0.309 e. The standard InChI is InChI=1S/C26H26O8/c1-4-34-26(31)14-9-19(20(27)10-5-17-7-12-22(29)24(15-17)32-2)21(28)11-6-18-8-13-23(30)25(16-18)33-3/h5-13,15-16,29-30H,4,14H2,1-3H3/b10-5+,11-6+. The summed E-state index contributed by atoms with van der Waals surface area (Å²) in [6, 6.07) is 9.04. The van der Waals surface area contributed by atoms with Crippen LogP contribution in [0, 0.1) is 0 Å². The molecule has 0 spiro atoms. The summed E-state index contributed by atoms with van der Waals surface area (Å²) in [5.74, 6) is -1.44. The predicted octanol–water partition coefficient (Wildman–Crippen LogP) is 3.86. The van der Waals surface area contributed by atoms with E-state index in [0.29, 0.717) is 11.1 Å². The van der Waals surface area contributed by atoms with Crippen molar-refractivity contribution in [1.29, 1.82) is 0 Å². The largest absolute Gasteiger partial charge is 0.504 e. The normalized spacial score (nSPS) is 10.8. The first-order chi connectivity index (χ1) is 16.3. The summed E-state index contributed by atoms with van der Waals surface area (Å²) in [4.78, 5) is 37.4. The summed E-state index contributed by atoms with van der Waals surface area (Å²) < 4.78 is 15.0. The van der Waals surface area contributed by atoms with Gasteiger partial charge in [-0.3, -0.25) is 14.4 Å². The molecule has 0 fully saturated rings. The fraction of sp³-hybridized carbons (Fsp3) is 0.192. The third-order valence-electron chi connectivity index (χ3n) is 4.57. The molecule has 0 aromatic heterocycles. The number of methoxy groups -OCH3 is 2. The number of ether oxygens (including phenoxy) is 3. The Hall–Kier alpha value is -4.33. The average Bonchev–Trinajstić information content (AvgIpc) is 2.83. The number of rotatable bonds is 11. The average molecular weight is 466 g/mol. The van der Waals surface area contributed by atoms with Crippen LogP contribution in [0.1, 0.15) is 24.5 Å². The first-order valence-electron chi connectivity index (χ1n) is 10.3. The highest BCUT2D eigenvalue weighted by Crippen LogP contribution is 2.27. The molecular formula is C26H26O8. The van der Waals surface area contributed by atoms with Crippen molar-refractivity contribution in [2.24, 2.45) is 0 Å². The lowest BCUT2D eigenvalue weighted by Gasteiger charge is -2.05. The molecule has 2 aromatic carbocycles. The number of aromatic hydroxyl groups is 2. The summed E-state index contributed by atoms with van der Waals surface area (Å²) in [7, 11) is 2.80. The van der Waals surface area contributed by atoms with Gasteiger partial charge in [0.1, 0.15) is 0 Å². The predicted molar refractivity (Wildman–Crippen MR) is 127 cm³/mol. The fourth-order valence-corrected chi connectivity index (χ4v) is 2.85. The van der Waals surface area contributed by atoms with E-state index in [4.69, 9.17) is 14.2 Å². The molecule has 0 unspecified atom stereocenters. The molecule has 8 heteroatoms. The molecule has 0 aliphatic carbocycles. The zero-order valence-electron chi connectivity index (χ0n) is 19.1. The first kappa shape index (κ1) is 25.9. The van der Waals surface area contributed by atoms with Crippen LogP contribution in [0.3, 0.4) is 0 Å². The summed E-state index contributed by atoms with van der Waals surface area (Å²) in [6.45, 7) is 1.83. The Kier molecular flexibility index (Phi) is 9.64. The molecule has 2 rings (SSSR count). The summed E-state index contributed by atoms with van der Waals surface area (Å²) in [5.41, 5.74) is 0.913. The molecule has 0 radical (unpaired) electrons. The van der Waals surface area contributed by atoms with Crippen LogP contribution in [0.25, 0.3) is 12.2 Å². The lowest BCUT2D eigenvalue weighted by molar-refractivity contribution is -0.142. The molecule has 0 heterocycles. The van der Waals surface area contributed by atoms with Gasteiger partial charge in [0.15, 0.2) is 34.6 Å². The van der Waals surface area contributed by atoms with Crippen molar-refractivity contribution < 1.29 is 38.8 Å². The van der Waals surface area contributed by atoms with Gasteiger partial charge in [0.2, 0.25) is 0 Å². The van der Waals surface area contributed by atoms with Crippen LogP contribution in [0.2, 0.25) is 0 Å². The fourth-order valence-electron chi connectivity index (χ4n) is 2.85. The zero-order chi connectivity index (χ0) is 25.1. The van der Waals surface area contributed by atoms with Gasteiger partial charge < -0.3 is 24.4 Å². The van der Waals surface area contributed by atoms with E-state index in [9.17, 15) is 24.6 Å². The van der Waals surface area contributed by atoms with Crippen molar-refractivity contribution >= 4 is 29.7 Å². The van der Waals surface area contributed by atoms with E-state index in [-0.39, 0.29) is 41.6 Å². The number of esters is 1. The van der Waals surface area contributed by atoms with Crippen molar-refractivity contribution in [2.45, 2.75) is 13.3 Å². The van der Waals surface area contributed by atoms with Gasteiger partial charge in [0.25, 0.3) is 0 Å². The molecule has 178 valence electrons. The van der Waals surface area contributed by atoms with Crippen LogP contribution in [-0.2, 0) is 19.1 Å². The Morgan fingerprint density at radius 3 is 1.71 bits per heavy atom. The quantitative estimate of drug-likeness (QED) is 0.222. The van der Waals surface area contributed by atoms with Gasteiger partial charge in [0, 0.05) is 0 Å². The minimum atomic E-state index is -0.616. The van der Waals surface area contributed by atoms with Crippen molar-refractivity contribution in [3.8, 4) is 23.0 Å². The number of phenolic OH excluding ortho intramolecular Hbond substituents is 2. The number of carbonyl (C=O) groups is 3. The Morgan fingerprint density at radius 2 is 1.29 bits per heavy atom.